The lowest BCUT2D eigenvalue weighted by Crippen LogP contribution is -2.24. The Hall–Kier alpha value is -2.11. The number of anilines is 1. The maximum Gasteiger partial charge on any atom is 0.293 e. The molecule has 2 aromatic heterocycles. The van der Waals surface area contributed by atoms with E-state index in [0.717, 1.165) is 38.9 Å². The monoisotopic (exact) mass is 275 g/mol. The van der Waals surface area contributed by atoms with E-state index in [0.29, 0.717) is 5.82 Å². The number of imidazole rings is 1. The molecule has 0 atom stereocenters. The van der Waals surface area contributed by atoms with Crippen LogP contribution in [-0.2, 0) is 13.1 Å². The number of nitrogens with one attached hydrogen (secondary N) is 1. The first-order valence-electron chi connectivity index (χ1n) is 7.06. The number of aryl methyl sites for hydroxylation is 2. The summed E-state index contributed by atoms with van der Waals surface area (Å²) >= 11 is 0. The van der Waals surface area contributed by atoms with Gasteiger partial charge in [0.25, 0.3) is 5.56 Å². The number of nitrogens with zero attached hydrogens (tertiary/aromatic N) is 4. The second-order valence-corrected chi connectivity index (χ2v) is 4.71. The lowest BCUT2D eigenvalue weighted by atomic mass is 10.3. The molecule has 0 saturated carbocycles. The van der Waals surface area contributed by atoms with Crippen molar-refractivity contribution in [2.24, 2.45) is 0 Å². The Morgan fingerprint density at radius 3 is 2.85 bits per heavy atom. The Bertz CT molecular complexity index is 561. The van der Waals surface area contributed by atoms with Crippen molar-refractivity contribution in [2.45, 2.75) is 39.3 Å². The molecule has 6 nitrogen and oxygen atoms in total. The first-order valence-corrected chi connectivity index (χ1v) is 7.06. The van der Waals surface area contributed by atoms with Crippen LogP contribution in [-0.4, -0.2) is 25.6 Å². The van der Waals surface area contributed by atoms with Crippen molar-refractivity contribution in [1.82, 2.24) is 19.1 Å². The highest BCUT2D eigenvalue weighted by molar-refractivity contribution is 5.30. The van der Waals surface area contributed by atoms with Crippen LogP contribution >= 0.6 is 0 Å². The molecule has 0 unspecified atom stereocenters. The minimum Gasteiger partial charge on any atom is -0.365 e. The molecule has 0 aliphatic heterocycles. The summed E-state index contributed by atoms with van der Waals surface area (Å²) < 4.78 is 3.75. The Kier molecular flexibility index (Phi) is 5.34. The van der Waals surface area contributed by atoms with Gasteiger partial charge < -0.3 is 14.5 Å². The van der Waals surface area contributed by atoms with Crippen molar-refractivity contribution in [3.63, 3.8) is 0 Å². The molecule has 2 rings (SSSR count). The van der Waals surface area contributed by atoms with Crippen molar-refractivity contribution < 1.29 is 0 Å². The lowest BCUT2D eigenvalue weighted by Gasteiger charge is -2.08. The van der Waals surface area contributed by atoms with Gasteiger partial charge in [0.1, 0.15) is 0 Å². The minimum absolute atomic E-state index is 0.0380. The highest BCUT2D eigenvalue weighted by Gasteiger charge is 2.03. The fourth-order valence-electron chi connectivity index (χ4n) is 2.03. The topological polar surface area (TPSA) is 64.7 Å². The van der Waals surface area contributed by atoms with Gasteiger partial charge in [0, 0.05) is 44.4 Å². The Balaban J connectivity index is 1.76. The molecule has 0 aliphatic carbocycles. The summed E-state index contributed by atoms with van der Waals surface area (Å²) in [5.41, 5.74) is -0.0380. The molecule has 20 heavy (non-hydrogen) atoms. The van der Waals surface area contributed by atoms with E-state index in [2.05, 4.69) is 26.8 Å². The van der Waals surface area contributed by atoms with Crippen LogP contribution < -0.4 is 10.9 Å². The summed E-state index contributed by atoms with van der Waals surface area (Å²) in [4.78, 5) is 20.1. The van der Waals surface area contributed by atoms with Gasteiger partial charge in [0.05, 0.1) is 6.33 Å². The van der Waals surface area contributed by atoms with E-state index in [-0.39, 0.29) is 5.56 Å². The van der Waals surface area contributed by atoms with Gasteiger partial charge in [-0.1, -0.05) is 6.92 Å². The fraction of sp³-hybridized carbons (Fsp3) is 0.500. The molecule has 1 N–H and O–H groups in total. The van der Waals surface area contributed by atoms with Gasteiger partial charge in [-0.3, -0.25) is 4.79 Å². The van der Waals surface area contributed by atoms with Crippen molar-refractivity contribution >= 4 is 5.82 Å². The molecule has 0 aromatic carbocycles. The Labute approximate surface area is 118 Å². The molecule has 0 spiro atoms. The second kappa shape index (κ2) is 7.47. The highest BCUT2D eigenvalue weighted by atomic mass is 16.1. The van der Waals surface area contributed by atoms with Gasteiger partial charge in [-0.15, -0.1) is 0 Å². The molecule has 0 amide bonds. The normalized spacial score (nSPS) is 10.7. The fourth-order valence-corrected chi connectivity index (χ4v) is 2.03. The van der Waals surface area contributed by atoms with Crippen LogP contribution in [0.3, 0.4) is 0 Å². The highest BCUT2D eigenvalue weighted by Crippen LogP contribution is 1.98. The zero-order chi connectivity index (χ0) is 14.2. The average molecular weight is 275 g/mol. The third-order valence-electron chi connectivity index (χ3n) is 3.07. The van der Waals surface area contributed by atoms with Crippen LogP contribution in [0.1, 0.15) is 26.2 Å². The van der Waals surface area contributed by atoms with Crippen LogP contribution in [0.5, 0.6) is 0 Å². The summed E-state index contributed by atoms with van der Waals surface area (Å²) in [6.07, 6.45) is 11.9. The lowest BCUT2D eigenvalue weighted by molar-refractivity contribution is 0.618. The first-order chi connectivity index (χ1) is 9.81. The van der Waals surface area contributed by atoms with Crippen LogP contribution in [0.15, 0.2) is 35.9 Å². The summed E-state index contributed by atoms with van der Waals surface area (Å²) in [5.74, 6) is 0.448. The van der Waals surface area contributed by atoms with Crippen molar-refractivity contribution in [1.29, 1.82) is 0 Å². The van der Waals surface area contributed by atoms with Crippen molar-refractivity contribution in [2.75, 3.05) is 11.9 Å². The largest absolute Gasteiger partial charge is 0.365 e. The zero-order valence-corrected chi connectivity index (χ0v) is 11.8. The molecular weight excluding hydrogens is 254 g/mol. The molecule has 0 radical (unpaired) electrons. The maximum absolute atomic E-state index is 12.0. The Morgan fingerprint density at radius 1 is 1.20 bits per heavy atom. The molecule has 2 aromatic rings. The molecule has 0 aliphatic rings. The van der Waals surface area contributed by atoms with E-state index in [4.69, 9.17) is 0 Å². The van der Waals surface area contributed by atoms with Gasteiger partial charge in [-0.05, 0) is 19.3 Å². The second-order valence-electron chi connectivity index (χ2n) is 4.71. The Morgan fingerprint density at radius 2 is 2.10 bits per heavy atom. The van der Waals surface area contributed by atoms with Gasteiger partial charge in [0.2, 0.25) is 0 Å². The smallest absolute Gasteiger partial charge is 0.293 e. The quantitative estimate of drug-likeness (QED) is 0.745. The van der Waals surface area contributed by atoms with Gasteiger partial charge in [0.15, 0.2) is 5.82 Å². The van der Waals surface area contributed by atoms with E-state index in [1.165, 1.54) is 0 Å². The van der Waals surface area contributed by atoms with E-state index in [1.807, 2.05) is 12.5 Å². The predicted molar refractivity (Wildman–Crippen MR) is 78.7 cm³/mol. The van der Waals surface area contributed by atoms with Gasteiger partial charge in [-0.25, -0.2) is 9.97 Å². The van der Waals surface area contributed by atoms with E-state index >= 15 is 0 Å². The third-order valence-corrected chi connectivity index (χ3v) is 3.07. The minimum atomic E-state index is -0.0380. The molecule has 108 valence electrons. The SMILES string of the molecule is CCCn1ccnc(NCCCCn2ccnc2)c1=O. The first kappa shape index (κ1) is 14.3. The van der Waals surface area contributed by atoms with E-state index < -0.39 is 0 Å². The third kappa shape index (κ3) is 3.94. The van der Waals surface area contributed by atoms with E-state index in [9.17, 15) is 4.79 Å². The van der Waals surface area contributed by atoms with Crippen LogP contribution in [0, 0.1) is 0 Å². The van der Waals surface area contributed by atoms with Gasteiger partial charge >= 0.3 is 0 Å². The summed E-state index contributed by atoms with van der Waals surface area (Å²) in [5, 5.41) is 3.12. The molecule has 2 heterocycles. The molecule has 0 saturated heterocycles. The standard InChI is InChI=1S/C14H21N5O/c1-2-8-19-11-7-17-13(14(19)20)16-5-3-4-9-18-10-6-15-12-18/h6-7,10-12H,2-5,8-9H2,1H3,(H,16,17). The molecule has 0 fully saturated rings. The van der Waals surface area contributed by atoms with E-state index in [1.54, 1.807) is 23.2 Å². The number of rotatable bonds is 8. The number of hydrogen-bond donors (Lipinski definition) is 1. The summed E-state index contributed by atoms with van der Waals surface area (Å²) in [7, 11) is 0. The number of hydrogen-bond acceptors (Lipinski definition) is 4. The predicted octanol–water partition coefficient (Wildman–Crippen LogP) is 1.74. The van der Waals surface area contributed by atoms with Crippen molar-refractivity contribution in [3.05, 3.63) is 41.5 Å². The molecular formula is C14H21N5O. The van der Waals surface area contributed by atoms with Crippen LogP contribution in [0.2, 0.25) is 0 Å². The number of aromatic nitrogens is 4. The average Bonchev–Trinajstić information content (AvgIpc) is 2.96. The van der Waals surface area contributed by atoms with Crippen LogP contribution in [0.25, 0.3) is 0 Å². The zero-order valence-electron chi connectivity index (χ0n) is 11.8. The molecule has 0 bridgehead atoms. The summed E-state index contributed by atoms with van der Waals surface area (Å²) in [6, 6.07) is 0. The number of unbranched alkanes of at least 4 members (excludes halogenated alkanes) is 1. The van der Waals surface area contributed by atoms with Crippen LogP contribution in [0.4, 0.5) is 5.82 Å². The molecule has 6 heteroatoms. The summed E-state index contributed by atoms with van der Waals surface area (Å²) in [6.45, 7) is 4.49. The maximum atomic E-state index is 12.0. The van der Waals surface area contributed by atoms with Gasteiger partial charge in [-0.2, -0.15) is 0 Å². The van der Waals surface area contributed by atoms with Crippen molar-refractivity contribution in [3.8, 4) is 0 Å².